The van der Waals surface area contributed by atoms with Gasteiger partial charge in [0.2, 0.25) is 5.91 Å². The zero-order valence-corrected chi connectivity index (χ0v) is 12.7. The molecule has 0 spiro atoms. The second kappa shape index (κ2) is 6.67. The van der Waals surface area contributed by atoms with E-state index >= 15 is 0 Å². The van der Waals surface area contributed by atoms with E-state index in [1.807, 2.05) is 24.5 Å². The van der Waals surface area contributed by atoms with Crippen molar-refractivity contribution in [3.8, 4) is 6.07 Å². The molecule has 1 aliphatic rings. The summed E-state index contributed by atoms with van der Waals surface area (Å²) in [7, 11) is 1.68. The summed E-state index contributed by atoms with van der Waals surface area (Å²) in [5.74, 6) is 0.104. The number of thioether (sulfide) groups is 1. The third kappa shape index (κ3) is 2.91. The number of nitrogens with one attached hydrogen (secondary N) is 1. The van der Waals surface area contributed by atoms with E-state index in [2.05, 4.69) is 16.3 Å². The minimum absolute atomic E-state index is 0.0122. The molecule has 1 aromatic carbocycles. The van der Waals surface area contributed by atoms with Crippen LogP contribution in [0.3, 0.4) is 0 Å². The highest BCUT2D eigenvalue weighted by Crippen LogP contribution is 2.31. The Labute approximate surface area is 124 Å². The molecule has 1 saturated heterocycles. The lowest BCUT2D eigenvalue weighted by Crippen LogP contribution is -2.42. The number of hydrogen-bond donors (Lipinski definition) is 1. The fraction of sp³-hybridized carbons (Fsp3) is 0.467. The van der Waals surface area contributed by atoms with E-state index in [9.17, 15) is 10.1 Å². The van der Waals surface area contributed by atoms with Crippen LogP contribution >= 0.6 is 11.8 Å². The first kappa shape index (κ1) is 14.7. The van der Waals surface area contributed by atoms with E-state index < -0.39 is 0 Å². The number of benzene rings is 1. The van der Waals surface area contributed by atoms with Crippen molar-refractivity contribution in [2.75, 3.05) is 31.3 Å². The molecule has 2 rings (SSSR count). The van der Waals surface area contributed by atoms with Crippen molar-refractivity contribution in [3.05, 3.63) is 23.8 Å². The van der Waals surface area contributed by atoms with Crippen LogP contribution in [-0.2, 0) is 4.79 Å². The molecule has 1 atom stereocenters. The van der Waals surface area contributed by atoms with Crippen molar-refractivity contribution in [1.82, 2.24) is 5.32 Å². The Morgan fingerprint density at radius 2 is 2.35 bits per heavy atom. The van der Waals surface area contributed by atoms with Gasteiger partial charge in [0, 0.05) is 25.0 Å². The normalized spacial score (nSPS) is 18.4. The van der Waals surface area contributed by atoms with Crippen LogP contribution in [-0.4, -0.2) is 32.3 Å². The van der Waals surface area contributed by atoms with Crippen LogP contribution in [0.25, 0.3) is 0 Å². The van der Waals surface area contributed by atoms with Gasteiger partial charge in [0.25, 0.3) is 0 Å². The molecule has 0 bridgehead atoms. The van der Waals surface area contributed by atoms with Crippen LogP contribution in [0.2, 0.25) is 0 Å². The van der Waals surface area contributed by atoms with Gasteiger partial charge in [-0.15, -0.1) is 11.8 Å². The lowest BCUT2D eigenvalue weighted by Gasteiger charge is -2.34. The predicted octanol–water partition coefficient (Wildman–Crippen LogP) is 2.24. The molecule has 0 aliphatic carbocycles. The van der Waals surface area contributed by atoms with Gasteiger partial charge in [-0.3, -0.25) is 4.79 Å². The molecule has 20 heavy (non-hydrogen) atoms. The van der Waals surface area contributed by atoms with Gasteiger partial charge in [-0.1, -0.05) is 6.07 Å². The molecule has 0 radical (unpaired) electrons. The summed E-state index contributed by atoms with van der Waals surface area (Å²) in [5.41, 5.74) is 1.67. The van der Waals surface area contributed by atoms with E-state index in [1.54, 1.807) is 18.8 Å². The number of rotatable bonds is 3. The van der Waals surface area contributed by atoms with Crippen LogP contribution in [0.5, 0.6) is 0 Å². The lowest BCUT2D eigenvalue weighted by molar-refractivity contribution is -0.124. The largest absolute Gasteiger partial charge is 0.370 e. The van der Waals surface area contributed by atoms with Crippen molar-refractivity contribution in [2.24, 2.45) is 5.92 Å². The Balaban J connectivity index is 2.28. The maximum absolute atomic E-state index is 11.8. The number of carbonyl (C=O) groups is 1. The standard InChI is InChI=1S/C15H19N3OS/c1-17-15(19)11-5-4-8-18(10-11)13-6-3-7-14(20-2)12(13)9-16/h3,6-7,11H,4-5,8,10H2,1-2H3,(H,17,19). The number of nitriles is 1. The summed E-state index contributed by atoms with van der Waals surface area (Å²) in [6, 6.07) is 8.23. The first-order chi connectivity index (χ1) is 9.71. The fourth-order valence-electron chi connectivity index (χ4n) is 2.68. The van der Waals surface area contributed by atoms with E-state index in [4.69, 9.17) is 0 Å². The van der Waals surface area contributed by atoms with E-state index in [1.165, 1.54) is 0 Å². The van der Waals surface area contributed by atoms with Crippen LogP contribution in [0.15, 0.2) is 23.1 Å². The summed E-state index contributed by atoms with van der Waals surface area (Å²) in [5, 5.41) is 12.1. The van der Waals surface area contributed by atoms with Gasteiger partial charge in [-0.2, -0.15) is 5.26 Å². The maximum atomic E-state index is 11.8. The Morgan fingerprint density at radius 1 is 1.55 bits per heavy atom. The molecule has 1 N–H and O–H groups in total. The SMILES string of the molecule is CNC(=O)C1CCCN(c2cccc(SC)c2C#N)C1. The second-order valence-corrected chi connectivity index (χ2v) is 5.71. The molecule has 0 aromatic heterocycles. The van der Waals surface area contributed by atoms with Gasteiger partial charge >= 0.3 is 0 Å². The highest BCUT2D eigenvalue weighted by Gasteiger charge is 2.26. The van der Waals surface area contributed by atoms with Crippen molar-refractivity contribution >= 4 is 23.4 Å². The molecule has 1 unspecified atom stereocenters. The van der Waals surface area contributed by atoms with Crippen molar-refractivity contribution in [1.29, 1.82) is 5.26 Å². The van der Waals surface area contributed by atoms with Gasteiger partial charge in [-0.25, -0.2) is 0 Å². The van der Waals surface area contributed by atoms with Gasteiger partial charge in [-0.05, 0) is 31.2 Å². The molecular formula is C15H19N3OS. The van der Waals surface area contributed by atoms with Crippen molar-refractivity contribution in [2.45, 2.75) is 17.7 Å². The molecule has 1 aliphatic heterocycles. The highest BCUT2D eigenvalue weighted by atomic mass is 32.2. The van der Waals surface area contributed by atoms with Gasteiger partial charge in [0.05, 0.1) is 17.2 Å². The molecule has 0 saturated carbocycles. The summed E-state index contributed by atoms with van der Waals surface area (Å²) in [4.78, 5) is 15.0. The zero-order valence-electron chi connectivity index (χ0n) is 11.8. The summed E-state index contributed by atoms with van der Waals surface area (Å²) in [6.07, 6.45) is 3.87. The van der Waals surface area contributed by atoms with E-state index in [0.717, 1.165) is 35.5 Å². The molecule has 5 heteroatoms. The molecular weight excluding hydrogens is 270 g/mol. The zero-order chi connectivity index (χ0) is 14.5. The summed E-state index contributed by atoms with van der Waals surface area (Å²) >= 11 is 1.58. The average molecular weight is 289 g/mol. The minimum atomic E-state index is 0.0122. The van der Waals surface area contributed by atoms with Gasteiger partial charge in [0.1, 0.15) is 6.07 Å². The van der Waals surface area contributed by atoms with Crippen LogP contribution in [0.4, 0.5) is 5.69 Å². The molecule has 1 amide bonds. The van der Waals surface area contributed by atoms with Gasteiger partial charge in [0.15, 0.2) is 0 Å². The Morgan fingerprint density at radius 3 is 3.00 bits per heavy atom. The van der Waals surface area contributed by atoms with Crippen molar-refractivity contribution < 1.29 is 4.79 Å². The topological polar surface area (TPSA) is 56.1 Å². The number of anilines is 1. The molecule has 1 fully saturated rings. The summed E-state index contributed by atoms with van der Waals surface area (Å²) < 4.78 is 0. The quantitative estimate of drug-likeness (QED) is 0.867. The number of carbonyl (C=O) groups excluding carboxylic acids is 1. The molecule has 4 nitrogen and oxygen atoms in total. The smallest absolute Gasteiger partial charge is 0.224 e. The highest BCUT2D eigenvalue weighted by molar-refractivity contribution is 7.98. The lowest BCUT2D eigenvalue weighted by atomic mass is 9.96. The number of hydrogen-bond acceptors (Lipinski definition) is 4. The number of nitrogens with zero attached hydrogens (tertiary/aromatic N) is 2. The molecule has 1 aromatic rings. The third-order valence-electron chi connectivity index (χ3n) is 3.72. The summed E-state index contributed by atoms with van der Waals surface area (Å²) in [6.45, 7) is 1.59. The molecule has 1 heterocycles. The number of amides is 1. The first-order valence-corrected chi connectivity index (χ1v) is 7.97. The first-order valence-electron chi connectivity index (χ1n) is 6.75. The molecule has 106 valence electrons. The Bertz CT molecular complexity index is 538. The van der Waals surface area contributed by atoms with Crippen LogP contribution < -0.4 is 10.2 Å². The Hall–Kier alpha value is -1.67. The van der Waals surface area contributed by atoms with Crippen LogP contribution in [0.1, 0.15) is 18.4 Å². The average Bonchev–Trinajstić information content (AvgIpc) is 2.53. The van der Waals surface area contributed by atoms with E-state index in [0.29, 0.717) is 6.54 Å². The van der Waals surface area contributed by atoms with E-state index in [-0.39, 0.29) is 11.8 Å². The fourth-order valence-corrected chi connectivity index (χ4v) is 3.25. The third-order valence-corrected chi connectivity index (χ3v) is 4.50. The van der Waals surface area contributed by atoms with Crippen LogP contribution in [0, 0.1) is 17.2 Å². The second-order valence-electron chi connectivity index (χ2n) is 4.87. The minimum Gasteiger partial charge on any atom is -0.370 e. The predicted molar refractivity (Wildman–Crippen MR) is 81.9 cm³/mol. The Kier molecular flexibility index (Phi) is 4.91. The van der Waals surface area contributed by atoms with Crippen molar-refractivity contribution in [3.63, 3.8) is 0 Å². The monoisotopic (exact) mass is 289 g/mol. The number of piperidine rings is 1. The maximum Gasteiger partial charge on any atom is 0.224 e. The van der Waals surface area contributed by atoms with Gasteiger partial charge < -0.3 is 10.2 Å².